The maximum absolute atomic E-state index is 14.2. The number of aryl methyl sites for hydroxylation is 1. The molecule has 0 aromatic heterocycles. The van der Waals surface area contributed by atoms with E-state index in [1.165, 1.54) is 0 Å². The SMILES string of the molecule is CC.CC.Cc1cccc(C2=CC=CC[N+]2(C)F)c1. The summed E-state index contributed by atoms with van der Waals surface area (Å²) in [6.45, 7) is 10.4. The van der Waals surface area contributed by atoms with Crippen LogP contribution in [-0.2, 0) is 0 Å². The highest BCUT2D eigenvalue weighted by atomic mass is 19.2. The molecule has 0 amide bonds. The topological polar surface area (TPSA) is 0 Å². The van der Waals surface area contributed by atoms with E-state index in [9.17, 15) is 4.48 Å². The minimum absolute atomic E-state index is 0.403. The fraction of sp³-hybridized carbons (Fsp3) is 0.412. The van der Waals surface area contributed by atoms with Crippen LogP contribution in [0.15, 0.2) is 42.5 Å². The van der Waals surface area contributed by atoms with Crippen LogP contribution in [0.3, 0.4) is 0 Å². The molecule has 19 heavy (non-hydrogen) atoms. The quantitative estimate of drug-likeness (QED) is 0.605. The van der Waals surface area contributed by atoms with Crippen molar-refractivity contribution in [2.45, 2.75) is 34.6 Å². The summed E-state index contributed by atoms with van der Waals surface area (Å²) in [4.78, 5) is 0. The molecule has 1 aromatic carbocycles. The summed E-state index contributed by atoms with van der Waals surface area (Å²) in [5.41, 5.74) is 2.84. The van der Waals surface area contributed by atoms with Crippen molar-refractivity contribution in [2.24, 2.45) is 0 Å². The van der Waals surface area contributed by atoms with Crippen LogP contribution >= 0.6 is 0 Å². The van der Waals surface area contributed by atoms with Gasteiger partial charge in [-0.05, 0) is 25.1 Å². The highest BCUT2D eigenvalue weighted by molar-refractivity contribution is 5.62. The van der Waals surface area contributed by atoms with Gasteiger partial charge in [-0.2, -0.15) is 0 Å². The average molecular weight is 264 g/mol. The van der Waals surface area contributed by atoms with Crippen molar-refractivity contribution >= 4 is 5.70 Å². The molecule has 0 bridgehead atoms. The molecule has 1 nitrogen and oxygen atoms in total. The van der Waals surface area contributed by atoms with Crippen molar-refractivity contribution in [2.75, 3.05) is 13.6 Å². The number of hydrogen-bond acceptors (Lipinski definition) is 0. The summed E-state index contributed by atoms with van der Waals surface area (Å²) in [5.74, 6) is 0. The molecule has 1 heterocycles. The van der Waals surface area contributed by atoms with Gasteiger partial charge in [-0.25, -0.2) is 0 Å². The lowest BCUT2D eigenvalue weighted by atomic mass is 10.1. The molecule has 1 aliphatic rings. The molecule has 1 aromatic rings. The largest absolute Gasteiger partial charge is 0.178 e. The minimum Gasteiger partial charge on any atom is -0.0966 e. The Labute approximate surface area is 117 Å². The normalized spacial score (nSPS) is 20.5. The Morgan fingerprint density at radius 3 is 2.26 bits per heavy atom. The Morgan fingerprint density at radius 1 is 1.11 bits per heavy atom. The number of quaternary nitrogens is 1. The van der Waals surface area contributed by atoms with Gasteiger partial charge in [0.15, 0.2) is 5.70 Å². The van der Waals surface area contributed by atoms with Gasteiger partial charge >= 0.3 is 0 Å². The second kappa shape index (κ2) is 8.65. The molecular weight excluding hydrogens is 237 g/mol. The molecule has 106 valence electrons. The van der Waals surface area contributed by atoms with Crippen LogP contribution in [0, 0.1) is 6.92 Å². The van der Waals surface area contributed by atoms with Crippen molar-refractivity contribution in [1.29, 1.82) is 0 Å². The van der Waals surface area contributed by atoms with Crippen molar-refractivity contribution < 1.29 is 9.19 Å². The van der Waals surface area contributed by atoms with Gasteiger partial charge in [0.25, 0.3) is 0 Å². The lowest BCUT2D eigenvalue weighted by Gasteiger charge is -2.24. The summed E-state index contributed by atoms with van der Waals surface area (Å²) in [7, 11) is 1.58. The number of likely N-dealkylation sites (N-methyl/N-ethyl adjacent to an activating group) is 1. The van der Waals surface area contributed by atoms with Crippen LogP contribution in [0.25, 0.3) is 5.70 Å². The highest BCUT2D eigenvalue weighted by Crippen LogP contribution is 2.29. The van der Waals surface area contributed by atoms with E-state index in [2.05, 4.69) is 0 Å². The first-order valence-electron chi connectivity index (χ1n) is 7.09. The molecule has 2 heteroatoms. The first-order valence-corrected chi connectivity index (χ1v) is 7.09. The molecular formula is C17H27FN+. The summed E-state index contributed by atoms with van der Waals surface area (Å²) < 4.78 is 13.6. The number of allylic oxidation sites excluding steroid dienone is 2. The zero-order chi connectivity index (χ0) is 14.9. The standard InChI is InChI=1S/C13H15FN.2C2H6/c1-11-6-5-7-12(10-11)13-8-3-4-9-15(13,2)14;2*1-2/h3-8,10H,9H2,1-2H3;2*1-2H3/q+1;;. The van der Waals surface area contributed by atoms with Gasteiger partial charge in [0.2, 0.25) is 0 Å². The predicted molar refractivity (Wildman–Crippen MR) is 83.2 cm³/mol. The van der Waals surface area contributed by atoms with Gasteiger partial charge in [-0.15, -0.1) is 0 Å². The lowest BCUT2D eigenvalue weighted by molar-refractivity contribution is -0.976. The van der Waals surface area contributed by atoms with Gasteiger partial charge < -0.3 is 0 Å². The zero-order valence-corrected chi connectivity index (χ0v) is 13.1. The van der Waals surface area contributed by atoms with Gasteiger partial charge in [0, 0.05) is 16.1 Å². The summed E-state index contributed by atoms with van der Waals surface area (Å²) in [5, 5.41) is 0. The van der Waals surface area contributed by atoms with E-state index in [1.807, 2.05) is 77.1 Å². The van der Waals surface area contributed by atoms with Crippen LogP contribution in [0.1, 0.15) is 38.8 Å². The van der Waals surface area contributed by atoms with Crippen molar-refractivity contribution in [1.82, 2.24) is 0 Å². The molecule has 0 spiro atoms. The molecule has 0 fully saturated rings. The Balaban J connectivity index is 0.000000741. The number of rotatable bonds is 1. The number of hydrogen-bond donors (Lipinski definition) is 0. The van der Waals surface area contributed by atoms with Crippen LogP contribution in [-0.4, -0.2) is 18.3 Å². The molecule has 0 N–H and O–H groups in total. The van der Waals surface area contributed by atoms with Crippen LogP contribution in [0.4, 0.5) is 4.48 Å². The van der Waals surface area contributed by atoms with E-state index in [1.54, 1.807) is 7.05 Å². The first kappa shape index (κ1) is 17.6. The van der Waals surface area contributed by atoms with E-state index < -0.39 is 4.71 Å². The van der Waals surface area contributed by atoms with E-state index >= 15 is 0 Å². The minimum atomic E-state index is -0.569. The van der Waals surface area contributed by atoms with Gasteiger partial charge in [0.05, 0.1) is 0 Å². The van der Waals surface area contributed by atoms with Crippen LogP contribution < -0.4 is 0 Å². The highest BCUT2D eigenvalue weighted by Gasteiger charge is 2.30. The second-order valence-electron chi connectivity index (χ2n) is 4.10. The third kappa shape index (κ3) is 4.99. The summed E-state index contributed by atoms with van der Waals surface area (Å²) in [6.07, 6.45) is 5.61. The Bertz CT molecular complexity index is 431. The predicted octanol–water partition coefficient (Wildman–Crippen LogP) is 5.29. The summed E-state index contributed by atoms with van der Waals surface area (Å²) in [6, 6.07) is 7.95. The number of benzene rings is 1. The monoisotopic (exact) mass is 264 g/mol. The van der Waals surface area contributed by atoms with Gasteiger partial charge in [-0.3, -0.25) is 0 Å². The lowest BCUT2D eigenvalue weighted by Crippen LogP contribution is -2.34. The third-order valence-electron chi connectivity index (χ3n) is 2.65. The molecule has 2 rings (SSSR count). The second-order valence-corrected chi connectivity index (χ2v) is 4.10. The van der Waals surface area contributed by atoms with Crippen molar-refractivity contribution in [3.05, 3.63) is 53.6 Å². The third-order valence-corrected chi connectivity index (χ3v) is 2.65. The zero-order valence-electron chi connectivity index (χ0n) is 13.1. The Morgan fingerprint density at radius 2 is 1.74 bits per heavy atom. The van der Waals surface area contributed by atoms with Crippen molar-refractivity contribution in [3.8, 4) is 0 Å². The molecule has 0 saturated carbocycles. The first-order chi connectivity index (χ1) is 9.09. The van der Waals surface area contributed by atoms with E-state index in [4.69, 9.17) is 0 Å². The Kier molecular flexibility index (Phi) is 8.01. The summed E-state index contributed by atoms with van der Waals surface area (Å²) >= 11 is 0. The number of nitrogens with zero attached hydrogens (tertiary/aromatic N) is 1. The molecule has 1 aliphatic heterocycles. The molecule has 1 unspecified atom stereocenters. The fourth-order valence-corrected chi connectivity index (χ4v) is 1.84. The Hall–Kier alpha value is -1.41. The average Bonchev–Trinajstić information content (AvgIpc) is 2.43. The fourth-order valence-electron chi connectivity index (χ4n) is 1.84. The van der Waals surface area contributed by atoms with Gasteiger partial charge in [-0.1, -0.05) is 56.2 Å². The van der Waals surface area contributed by atoms with Gasteiger partial charge in [0.1, 0.15) is 13.6 Å². The molecule has 0 aliphatic carbocycles. The maximum Gasteiger partial charge on any atom is 0.178 e. The number of halogens is 1. The van der Waals surface area contributed by atoms with E-state index in [0.29, 0.717) is 6.54 Å². The van der Waals surface area contributed by atoms with Crippen molar-refractivity contribution in [3.63, 3.8) is 0 Å². The molecule has 1 atom stereocenters. The van der Waals surface area contributed by atoms with Crippen LogP contribution in [0.5, 0.6) is 0 Å². The van der Waals surface area contributed by atoms with E-state index in [0.717, 1.165) is 16.8 Å². The molecule has 0 saturated heterocycles. The maximum atomic E-state index is 14.2. The molecule has 0 radical (unpaired) electrons. The van der Waals surface area contributed by atoms with Crippen LogP contribution in [0.2, 0.25) is 0 Å². The van der Waals surface area contributed by atoms with E-state index in [-0.39, 0.29) is 0 Å². The smallest absolute Gasteiger partial charge is 0.0966 e.